The second-order valence-corrected chi connectivity index (χ2v) is 6.92. The molecule has 1 heterocycles. The molecule has 3 aliphatic rings. The van der Waals surface area contributed by atoms with Gasteiger partial charge in [-0.05, 0) is 58.8 Å². The summed E-state index contributed by atoms with van der Waals surface area (Å²) in [7, 11) is 0. The highest BCUT2D eigenvalue weighted by Crippen LogP contribution is 2.53. The van der Waals surface area contributed by atoms with E-state index in [1.54, 1.807) is 6.92 Å². The SMILES string of the molecule is Cc1cc(F)c(Br)cc1N1C(=O)C2C3C=CC(C3)C2C1=O. The molecule has 2 aliphatic carbocycles. The number of carbonyl (C=O) groups excluding carboxylic acids is 2. The Labute approximate surface area is 129 Å². The number of fused-ring (bicyclic) bond motifs is 5. The summed E-state index contributed by atoms with van der Waals surface area (Å²) in [5.41, 5.74) is 1.09. The number of nitrogens with zero attached hydrogens (tertiary/aromatic N) is 1. The van der Waals surface area contributed by atoms with E-state index in [4.69, 9.17) is 0 Å². The standard InChI is InChI=1S/C16H13BrFNO2/c1-7-4-11(18)10(17)6-12(7)19-15(20)13-8-2-3-9(5-8)14(13)16(19)21/h2-4,6,8-9,13-14H,5H2,1H3. The van der Waals surface area contributed by atoms with Crippen LogP contribution in [-0.2, 0) is 9.59 Å². The van der Waals surface area contributed by atoms with Gasteiger partial charge in [0.25, 0.3) is 0 Å². The molecule has 2 fully saturated rings. The van der Waals surface area contributed by atoms with Crippen LogP contribution in [0.2, 0.25) is 0 Å². The fourth-order valence-corrected chi connectivity index (χ4v) is 4.35. The molecule has 1 aromatic carbocycles. The Hall–Kier alpha value is -1.49. The van der Waals surface area contributed by atoms with Crippen LogP contribution in [0.25, 0.3) is 0 Å². The minimum absolute atomic E-state index is 0.136. The van der Waals surface area contributed by atoms with Gasteiger partial charge in [0, 0.05) is 0 Å². The van der Waals surface area contributed by atoms with Crippen molar-refractivity contribution in [3.63, 3.8) is 0 Å². The largest absolute Gasteiger partial charge is 0.274 e. The highest BCUT2D eigenvalue weighted by Gasteiger charge is 2.59. The minimum Gasteiger partial charge on any atom is -0.274 e. The van der Waals surface area contributed by atoms with E-state index in [-0.39, 0.29) is 40.0 Å². The first-order valence-corrected chi connectivity index (χ1v) is 7.80. The number of rotatable bonds is 1. The molecule has 4 unspecified atom stereocenters. The molecule has 2 bridgehead atoms. The number of hydrogen-bond donors (Lipinski definition) is 0. The lowest BCUT2D eigenvalue weighted by Crippen LogP contribution is -2.33. The lowest BCUT2D eigenvalue weighted by Gasteiger charge is -2.20. The Morgan fingerprint density at radius 1 is 1.14 bits per heavy atom. The van der Waals surface area contributed by atoms with Crippen LogP contribution in [0.5, 0.6) is 0 Å². The minimum atomic E-state index is -0.391. The number of halogens is 2. The summed E-state index contributed by atoms with van der Waals surface area (Å²) in [6.07, 6.45) is 5.04. The number of imide groups is 1. The van der Waals surface area contributed by atoms with E-state index in [0.717, 1.165) is 6.42 Å². The number of anilines is 1. The summed E-state index contributed by atoms with van der Waals surface area (Å²) >= 11 is 3.13. The maximum absolute atomic E-state index is 13.6. The Bertz CT molecular complexity index is 684. The average Bonchev–Trinajstić information content (AvgIpc) is 3.09. The van der Waals surface area contributed by atoms with Crippen LogP contribution in [0.3, 0.4) is 0 Å². The quantitative estimate of drug-likeness (QED) is 0.576. The molecular formula is C16H13BrFNO2. The molecule has 4 rings (SSSR count). The molecule has 0 aromatic heterocycles. The zero-order chi connectivity index (χ0) is 14.9. The second kappa shape index (κ2) is 4.26. The topological polar surface area (TPSA) is 37.4 Å². The van der Waals surface area contributed by atoms with Crippen molar-refractivity contribution in [3.8, 4) is 0 Å². The smallest absolute Gasteiger partial charge is 0.238 e. The van der Waals surface area contributed by atoms with Gasteiger partial charge in [-0.3, -0.25) is 9.59 Å². The second-order valence-electron chi connectivity index (χ2n) is 6.06. The molecule has 0 N–H and O–H groups in total. The fourth-order valence-electron chi connectivity index (χ4n) is 4.02. The number of carbonyl (C=O) groups is 2. The van der Waals surface area contributed by atoms with Gasteiger partial charge in [-0.25, -0.2) is 9.29 Å². The zero-order valence-electron chi connectivity index (χ0n) is 11.3. The van der Waals surface area contributed by atoms with Crippen LogP contribution in [0.4, 0.5) is 10.1 Å². The molecule has 5 heteroatoms. The molecule has 1 aromatic rings. The molecule has 1 saturated carbocycles. The Morgan fingerprint density at radius 3 is 2.29 bits per heavy atom. The van der Waals surface area contributed by atoms with Gasteiger partial charge in [-0.1, -0.05) is 12.2 Å². The van der Waals surface area contributed by atoms with E-state index in [1.165, 1.54) is 17.0 Å². The number of aryl methyl sites for hydroxylation is 1. The van der Waals surface area contributed by atoms with E-state index in [9.17, 15) is 14.0 Å². The van der Waals surface area contributed by atoms with Crippen LogP contribution in [0.1, 0.15) is 12.0 Å². The van der Waals surface area contributed by atoms with E-state index in [0.29, 0.717) is 11.3 Å². The van der Waals surface area contributed by atoms with Crippen molar-refractivity contribution in [2.75, 3.05) is 4.90 Å². The molecule has 0 radical (unpaired) electrons. The summed E-state index contributed by atoms with van der Waals surface area (Å²) in [5, 5.41) is 0. The van der Waals surface area contributed by atoms with Gasteiger partial charge in [0.05, 0.1) is 22.0 Å². The van der Waals surface area contributed by atoms with Gasteiger partial charge in [0.2, 0.25) is 11.8 Å². The number of allylic oxidation sites excluding steroid dienone is 2. The molecule has 108 valence electrons. The van der Waals surface area contributed by atoms with Gasteiger partial charge in [-0.2, -0.15) is 0 Å². The summed E-state index contributed by atoms with van der Waals surface area (Å²) in [4.78, 5) is 26.7. The molecule has 2 amide bonds. The van der Waals surface area contributed by atoms with Crippen LogP contribution < -0.4 is 4.90 Å². The van der Waals surface area contributed by atoms with E-state index < -0.39 is 5.82 Å². The monoisotopic (exact) mass is 349 g/mol. The molecule has 4 atom stereocenters. The third-order valence-electron chi connectivity index (χ3n) is 4.95. The number of benzene rings is 1. The zero-order valence-corrected chi connectivity index (χ0v) is 12.9. The van der Waals surface area contributed by atoms with Crippen molar-refractivity contribution in [2.45, 2.75) is 13.3 Å². The Morgan fingerprint density at radius 2 is 1.71 bits per heavy atom. The molecule has 3 nitrogen and oxygen atoms in total. The van der Waals surface area contributed by atoms with Crippen molar-refractivity contribution < 1.29 is 14.0 Å². The summed E-state index contributed by atoms with van der Waals surface area (Å²) < 4.78 is 13.8. The Balaban J connectivity index is 1.80. The molecule has 1 aliphatic heterocycles. The van der Waals surface area contributed by atoms with Crippen LogP contribution in [-0.4, -0.2) is 11.8 Å². The number of hydrogen-bond acceptors (Lipinski definition) is 2. The third-order valence-corrected chi connectivity index (χ3v) is 5.56. The number of amides is 2. The summed E-state index contributed by atoms with van der Waals surface area (Å²) in [5.74, 6) is -0.744. The van der Waals surface area contributed by atoms with Gasteiger partial charge in [-0.15, -0.1) is 0 Å². The third kappa shape index (κ3) is 1.64. The first-order chi connectivity index (χ1) is 9.99. The highest BCUT2D eigenvalue weighted by molar-refractivity contribution is 9.10. The molecule has 1 saturated heterocycles. The molecule has 21 heavy (non-hydrogen) atoms. The van der Waals surface area contributed by atoms with Crippen molar-refractivity contribution in [1.82, 2.24) is 0 Å². The fraction of sp³-hybridized carbons (Fsp3) is 0.375. The normalized spacial score (nSPS) is 33.2. The van der Waals surface area contributed by atoms with Crippen molar-refractivity contribution in [1.29, 1.82) is 0 Å². The summed E-state index contributed by atoms with van der Waals surface area (Å²) in [6, 6.07) is 2.87. The predicted molar refractivity (Wildman–Crippen MR) is 79.0 cm³/mol. The van der Waals surface area contributed by atoms with Crippen molar-refractivity contribution in [2.24, 2.45) is 23.7 Å². The maximum Gasteiger partial charge on any atom is 0.238 e. The van der Waals surface area contributed by atoms with Gasteiger partial charge >= 0.3 is 0 Å². The van der Waals surface area contributed by atoms with E-state index >= 15 is 0 Å². The average molecular weight is 350 g/mol. The van der Waals surface area contributed by atoms with E-state index in [1.807, 2.05) is 0 Å². The maximum atomic E-state index is 13.6. The van der Waals surface area contributed by atoms with Gasteiger partial charge in [0.15, 0.2) is 0 Å². The van der Waals surface area contributed by atoms with Crippen molar-refractivity contribution in [3.05, 3.63) is 40.1 Å². The molecular weight excluding hydrogens is 337 g/mol. The van der Waals surface area contributed by atoms with Gasteiger partial charge in [0.1, 0.15) is 5.82 Å². The highest BCUT2D eigenvalue weighted by atomic mass is 79.9. The molecule has 0 spiro atoms. The lowest BCUT2D eigenvalue weighted by atomic mass is 9.85. The van der Waals surface area contributed by atoms with Crippen LogP contribution >= 0.6 is 15.9 Å². The lowest BCUT2D eigenvalue weighted by molar-refractivity contribution is -0.123. The first kappa shape index (κ1) is 13.2. The van der Waals surface area contributed by atoms with Crippen LogP contribution in [0.15, 0.2) is 28.8 Å². The first-order valence-electron chi connectivity index (χ1n) is 7.01. The van der Waals surface area contributed by atoms with Gasteiger partial charge < -0.3 is 0 Å². The van der Waals surface area contributed by atoms with E-state index in [2.05, 4.69) is 28.1 Å². The summed E-state index contributed by atoms with van der Waals surface area (Å²) in [6.45, 7) is 1.71. The predicted octanol–water partition coefficient (Wildman–Crippen LogP) is 3.21. The van der Waals surface area contributed by atoms with Crippen LogP contribution in [0, 0.1) is 36.4 Å². The van der Waals surface area contributed by atoms with Crippen molar-refractivity contribution >= 4 is 33.4 Å². The Kier molecular flexibility index (Phi) is 2.67.